The average molecular weight is 300 g/mol. The zero-order valence-corrected chi connectivity index (χ0v) is 14.3. The summed E-state index contributed by atoms with van der Waals surface area (Å²) in [5, 5.41) is 2.54. The summed E-state index contributed by atoms with van der Waals surface area (Å²) < 4.78 is 0. The molecule has 0 aromatic heterocycles. The first kappa shape index (κ1) is 16.8. The predicted molar refractivity (Wildman–Crippen MR) is 106 cm³/mol. The van der Waals surface area contributed by atoms with Crippen molar-refractivity contribution in [1.29, 1.82) is 0 Å². The molecule has 0 radical (unpaired) electrons. The number of aryl methyl sites for hydroxylation is 1. The highest BCUT2D eigenvalue weighted by Gasteiger charge is 2.14. The van der Waals surface area contributed by atoms with Gasteiger partial charge in [-0.1, -0.05) is 93.8 Å². The summed E-state index contributed by atoms with van der Waals surface area (Å²) in [4.78, 5) is 0. The summed E-state index contributed by atoms with van der Waals surface area (Å²) in [5.41, 5.74) is 6.04. The first-order valence-corrected chi connectivity index (χ1v) is 8.13. The van der Waals surface area contributed by atoms with Crippen molar-refractivity contribution in [2.24, 2.45) is 0 Å². The van der Waals surface area contributed by atoms with Gasteiger partial charge in [-0.3, -0.25) is 0 Å². The van der Waals surface area contributed by atoms with Crippen LogP contribution in [0, 0.1) is 6.92 Å². The summed E-state index contributed by atoms with van der Waals surface area (Å²) in [7, 11) is 0. The van der Waals surface area contributed by atoms with Crippen molar-refractivity contribution >= 4 is 22.9 Å². The Morgan fingerprint density at radius 3 is 1.78 bits per heavy atom. The van der Waals surface area contributed by atoms with Crippen molar-refractivity contribution in [3.63, 3.8) is 0 Å². The number of rotatable bonds is 3. The number of fused-ring (bicyclic) bond motifs is 1. The van der Waals surface area contributed by atoms with E-state index in [1.165, 1.54) is 33.0 Å². The van der Waals surface area contributed by atoms with Crippen LogP contribution in [-0.2, 0) is 0 Å². The lowest BCUT2D eigenvalue weighted by Gasteiger charge is -2.17. The number of hydrogen-bond acceptors (Lipinski definition) is 0. The number of hydrogen-bond donors (Lipinski definition) is 0. The van der Waals surface area contributed by atoms with Gasteiger partial charge in [0.25, 0.3) is 0 Å². The van der Waals surface area contributed by atoms with Crippen molar-refractivity contribution in [3.8, 4) is 11.1 Å². The van der Waals surface area contributed by atoms with Gasteiger partial charge in [0.1, 0.15) is 0 Å². The summed E-state index contributed by atoms with van der Waals surface area (Å²) in [6.07, 6.45) is 3.88. The van der Waals surface area contributed by atoms with Crippen molar-refractivity contribution in [2.75, 3.05) is 0 Å². The second kappa shape index (κ2) is 7.60. The Bertz CT molecular complexity index is 824. The smallest absolute Gasteiger partial charge is 0.00268 e. The topological polar surface area (TPSA) is 0 Å². The summed E-state index contributed by atoms with van der Waals surface area (Å²) in [6.45, 7) is 14.2. The van der Waals surface area contributed by atoms with Crippen LogP contribution in [-0.4, -0.2) is 0 Å². The third kappa shape index (κ3) is 2.98. The van der Waals surface area contributed by atoms with Gasteiger partial charge < -0.3 is 0 Å². The molecular weight excluding hydrogens is 276 g/mol. The van der Waals surface area contributed by atoms with Gasteiger partial charge in [-0.15, -0.1) is 0 Å². The third-order valence-corrected chi connectivity index (χ3v) is 4.03. The fourth-order valence-electron chi connectivity index (χ4n) is 3.05. The third-order valence-electron chi connectivity index (χ3n) is 4.03. The molecule has 0 spiro atoms. The fourth-order valence-corrected chi connectivity index (χ4v) is 3.05. The minimum Gasteiger partial charge on any atom is -0.0984 e. The van der Waals surface area contributed by atoms with Crippen LogP contribution in [0.5, 0.6) is 0 Å². The molecule has 0 heteroatoms. The highest BCUT2D eigenvalue weighted by molar-refractivity contribution is 6.05. The second-order valence-electron chi connectivity index (χ2n) is 5.15. The SMILES string of the molecule is C=Cc1c(C=C)c(-c2ccccc2)c2ccccc2c1C.CC. The molecule has 0 aliphatic carbocycles. The van der Waals surface area contributed by atoms with Gasteiger partial charge in [0.05, 0.1) is 0 Å². The summed E-state index contributed by atoms with van der Waals surface area (Å²) in [5.74, 6) is 0. The van der Waals surface area contributed by atoms with Gasteiger partial charge in [-0.05, 0) is 45.5 Å². The van der Waals surface area contributed by atoms with Crippen LogP contribution < -0.4 is 0 Å². The zero-order chi connectivity index (χ0) is 16.8. The Kier molecular flexibility index (Phi) is 5.54. The summed E-state index contributed by atoms with van der Waals surface area (Å²) >= 11 is 0. The fraction of sp³-hybridized carbons (Fsp3) is 0.130. The molecule has 0 unspecified atom stereocenters. The summed E-state index contributed by atoms with van der Waals surface area (Å²) in [6, 6.07) is 19.0. The average Bonchev–Trinajstić information content (AvgIpc) is 2.64. The molecule has 3 aromatic rings. The number of benzene rings is 3. The molecule has 0 saturated carbocycles. The molecule has 0 heterocycles. The minimum atomic E-state index is 1.16. The largest absolute Gasteiger partial charge is 0.0984 e. The highest BCUT2D eigenvalue weighted by Crippen LogP contribution is 2.38. The van der Waals surface area contributed by atoms with Crippen molar-refractivity contribution in [2.45, 2.75) is 20.8 Å². The molecule has 0 nitrogen and oxygen atoms in total. The maximum Gasteiger partial charge on any atom is -0.00268 e. The van der Waals surface area contributed by atoms with Crippen molar-refractivity contribution in [3.05, 3.63) is 84.4 Å². The quantitative estimate of drug-likeness (QED) is 0.482. The first-order valence-electron chi connectivity index (χ1n) is 8.13. The molecule has 0 atom stereocenters. The predicted octanol–water partition coefficient (Wildman–Crippen LogP) is 7.13. The van der Waals surface area contributed by atoms with E-state index >= 15 is 0 Å². The van der Waals surface area contributed by atoms with Crippen molar-refractivity contribution < 1.29 is 0 Å². The van der Waals surface area contributed by atoms with Gasteiger partial charge in [0, 0.05) is 0 Å². The molecule has 0 aliphatic heterocycles. The Morgan fingerprint density at radius 1 is 0.696 bits per heavy atom. The van der Waals surface area contributed by atoms with E-state index in [2.05, 4.69) is 68.6 Å². The lowest BCUT2D eigenvalue weighted by atomic mass is 9.86. The molecule has 0 bridgehead atoms. The molecule has 3 aromatic carbocycles. The first-order chi connectivity index (χ1) is 11.3. The maximum absolute atomic E-state index is 4.03. The van der Waals surface area contributed by atoms with Crippen LogP contribution in [0.1, 0.15) is 30.5 Å². The molecule has 0 aliphatic rings. The van der Waals surface area contributed by atoms with Gasteiger partial charge >= 0.3 is 0 Å². The molecule has 0 N–H and O–H groups in total. The lowest BCUT2D eigenvalue weighted by Crippen LogP contribution is -1.94. The molecule has 116 valence electrons. The van der Waals surface area contributed by atoms with Crippen LogP contribution in [0.15, 0.2) is 67.8 Å². The molecule has 0 saturated heterocycles. The van der Waals surface area contributed by atoms with E-state index < -0.39 is 0 Å². The normalized spacial score (nSPS) is 9.87. The van der Waals surface area contributed by atoms with Crippen LogP contribution in [0.2, 0.25) is 0 Å². The van der Waals surface area contributed by atoms with E-state index in [-0.39, 0.29) is 0 Å². The van der Waals surface area contributed by atoms with Crippen LogP contribution >= 0.6 is 0 Å². The van der Waals surface area contributed by atoms with E-state index in [9.17, 15) is 0 Å². The molecule has 0 amide bonds. The van der Waals surface area contributed by atoms with Gasteiger partial charge in [-0.2, -0.15) is 0 Å². The molecule has 0 fully saturated rings. The molecule has 23 heavy (non-hydrogen) atoms. The van der Waals surface area contributed by atoms with E-state index in [1.54, 1.807) is 0 Å². The minimum absolute atomic E-state index is 1.16. The van der Waals surface area contributed by atoms with Gasteiger partial charge in [-0.25, -0.2) is 0 Å². The Labute approximate surface area is 139 Å². The van der Waals surface area contributed by atoms with E-state index in [4.69, 9.17) is 0 Å². The van der Waals surface area contributed by atoms with Crippen molar-refractivity contribution in [1.82, 2.24) is 0 Å². The second-order valence-corrected chi connectivity index (χ2v) is 5.15. The standard InChI is InChI=1S/C21H18.C2H6/c1-4-17-15(3)19-13-9-10-14-20(19)21(18(17)5-2)16-11-7-6-8-12-16;1-2/h4-14H,1-2H2,3H3;1-2H3. The van der Waals surface area contributed by atoms with Crippen LogP contribution in [0.4, 0.5) is 0 Å². The van der Waals surface area contributed by atoms with Crippen LogP contribution in [0.25, 0.3) is 34.1 Å². The van der Waals surface area contributed by atoms with Gasteiger partial charge in [0.2, 0.25) is 0 Å². The Hall–Kier alpha value is -2.60. The van der Waals surface area contributed by atoms with E-state index in [0.717, 1.165) is 5.56 Å². The Balaban J connectivity index is 0.000000924. The van der Waals surface area contributed by atoms with Gasteiger partial charge in [0.15, 0.2) is 0 Å². The van der Waals surface area contributed by atoms with Crippen LogP contribution in [0.3, 0.4) is 0 Å². The molecule has 3 rings (SSSR count). The van der Waals surface area contributed by atoms with E-state index in [1.807, 2.05) is 32.1 Å². The molecular formula is C23H24. The zero-order valence-electron chi connectivity index (χ0n) is 14.3. The Morgan fingerprint density at radius 2 is 1.22 bits per heavy atom. The maximum atomic E-state index is 4.03. The highest BCUT2D eigenvalue weighted by atomic mass is 14.2. The lowest BCUT2D eigenvalue weighted by molar-refractivity contribution is 1.47. The van der Waals surface area contributed by atoms with E-state index in [0.29, 0.717) is 0 Å². The monoisotopic (exact) mass is 300 g/mol.